The van der Waals surface area contributed by atoms with Crippen LogP contribution in [0.3, 0.4) is 0 Å². The standard InChI is InChI=1S/C23H22Cl2N2O3S/c1-16(2)19-10-6-7-11-21(19)26-23(28)15-27(22-13-12-17(24)14-20(22)25)31(29,30)18-8-4-3-5-9-18/h3-14,16H,15H2,1-2H3,(H,26,28). The van der Waals surface area contributed by atoms with Crippen LogP contribution >= 0.6 is 23.2 Å². The van der Waals surface area contributed by atoms with Crippen LogP contribution in [0.25, 0.3) is 0 Å². The molecule has 0 unspecified atom stereocenters. The Kier molecular flexibility index (Phi) is 7.26. The molecule has 5 nitrogen and oxygen atoms in total. The third-order valence-corrected chi connectivity index (χ3v) is 6.97. The van der Waals surface area contributed by atoms with Gasteiger partial charge >= 0.3 is 0 Å². The summed E-state index contributed by atoms with van der Waals surface area (Å²) in [5.74, 6) is -0.301. The van der Waals surface area contributed by atoms with Gasteiger partial charge in [-0.2, -0.15) is 0 Å². The zero-order valence-electron chi connectivity index (χ0n) is 17.0. The molecule has 0 fully saturated rings. The van der Waals surface area contributed by atoms with Gasteiger partial charge in [0.05, 0.1) is 15.6 Å². The number of hydrogen-bond donors (Lipinski definition) is 1. The van der Waals surface area contributed by atoms with E-state index in [-0.39, 0.29) is 21.5 Å². The number of anilines is 2. The van der Waals surface area contributed by atoms with Crippen molar-refractivity contribution in [2.75, 3.05) is 16.2 Å². The number of sulfonamides is 1. The normalized spacial score (nSPS) is 11.4. The number of carbonyl (C=O) groups excluding carboxylic acids is 1. The summed E-state index contributed by atoms with van der Waals surface area (Å²) < 4.78 is 27.8. The molecule has 1 N–H and O–H groups in total. The van der Waals surface area contributed by atoms with Crippen molar-refractivity contribution in [2.24, 2.45) is 0 Å². The van der Waals surface area contributed by atoms with Crippen molar-refractivity contribution in [2.45, 2.75) is 24.7 Å². The first-order chi connectivity index (χ1) is 14.7. The number of carbonyl (C=O) groups is 1. The minimum absolute atomic E-state index is 0.0522. The smallest absolute Gasteiger partial charge is 0.264 e. The van der Waals surface area contributed by atoms with E-state index in [2.05, 4.69) is 5.32 Å². The van der Waals surface area contributed by atoms with Crippen LogP contribution in [0.5, 0.6) is 0 Å². The van der Waals surface area contributed by atoms with Gasteiger partial charge in [-0.25, -0.2) is 8.42 Å². The summed E-state index contributed by atoms with van der Waals surface area (Å²) in [6.45, 7) is 3.58. The number of rotatable bonds is 7. The molecule has 3 aromatic rings. The van der Waals surface area contributed by atoms with Crippen molar-refractivity contribution in [3.05, 3.63) is 88.4 Å². The van der Waals surface area contributed by atoms with Crippen LogP contribution in [-0.4, -0.2) is 20.9 Å². The predicted octanol–water partition coefficient (Wildman–Crippen LogP) is 5.95. The molecule has 3 aromatic carbocycles. The van der Waals surface area contributed by atoms with E-state index in [9.17, 15) is 13.2 Å². The summed E-state index contributed by atoms with van der Waals surface area (Å²) in [6, 6.07) is 19.8. The maximum atomic E-state index is 13.4. The van der Waals surface area contributed by atoms with Crippen LogP contribution in [0.1, 0.15) is 25.3 Å². The van der Waals surface area contributed by atoms with Crippen LogP contribution in [0.4, 0.5) is 11.4 Å². The minimum Gasteiger partial charge on any atom is -0.324 e. The third kappa shape index (κ3) is 5.39. The van der Waals surface area contributed by atoms with Gasteiger partial charge in [0.1, 0.15) is 6.54 Å². The molecule has 0 bridgehead atoms. The summed E-state index contributed by atoms with van der Waals surface area (Å²) in [6.07, 6.45) is 0. The zero-order valence-corrected chi connectivity index (χ0v) is 19.4. The van der Waals surface area contributed by atoms with Gasteiger partial charge < -0.3 is 5.32 Å². The number of amides is 1. The monoisotopic (exact) mass is 476 g/mol. The minimum atomic E-state index is -4.06. The molecule has 3 rings (SSSR count). The van der Waals surface area contributed by atoms with E-state index in [1.807, 2.05) is 32.0 Å². The number of nitrogens with one attached hydrogen (secondary N) is 1. The summed E-state index contributed by atoms with van der Waals surface area (Å²) in [7, 11) is -4.06. The van der Waals surface area contributed by atoms with Crippen LogP contribution < -0.4 is 9.62 Å². The summed E-state index contributed by atoms with van der Waals surface area (Å²) in [4.78, 5) is 13.0. The molecule has 0 aliphatic carbocycles. The highest BCUT2D eigenvalue weighted by Gasteiger charge is 2.29. The second kappa shape index (κ2) is 9.73. The van der Waals surface area contributed by atoms with Gasteiger partial charge in [0.25, 0.3) is 10.0 Å². The Morgan fingerprint density at radius 3 is 2.26 bits per heavy atom. The Hall–Kier alpha value is -2.54. The second-order valence-electron chi connectivity index (χ2n) is 7.21. The molecule has 1 amide bonds. The van der Waals surface area contributed by atoms with E-state index in [0.717, 1.165) is 9.87 Å². The van der Waals surface area contributed by atoms with Gasteiger partial charge in [-0.05, 0) is 47.9 Å². The quantitative estimate of drug-likeness (QED) is 0.457. The van der Waals surface area contributed by atoms with Gasteiger partial charge in [-0.1, -0.05) is 73.4 Å². The molecule has 0 spiro atoms. The van der Waals surface area contributed by atoms with Crippen LogP contribution in [0, 0.1) is 0 Å². The SMILES string of the molecule is CC(C)c1ccccc1NC(=O)CN(c1ccc(Cl)cc1Cl)S(=O)(=O)c1ccccc1. The topological polar surface area (TPSA) is 66.5 Å². The molecule has 0 saturated heterocycles. The fourth-order valence-electron chi connectivity index (χ4n) is 3.14. The second-order valence-corrected chi connectivity index (χ2v) is 9.92. The molecular formula is C23H22Cl2N2O3S. The first-order valence-corrected chi connectivity index (χ1v) is 11.8. The molecule has 0 radical (unpaired) electrons. The van der Waals surface area contributed by atoms with Gasteiger partial charge in [0.2, 0.25) is 5.91 Å². The van der Waals surface area contributed by atoms with Gasteiger partial charge in [-0.3, -0.25) is 9.10 Å². The van der Waals surface area contributed by atoms with E-state index in [1.165, 1.54) is 30.3 Å². The van der Waals surface area contributed by atoms with Gasteiger partial charge in [0.15, 0.2) is 0 Å². The van der Waals surface area contributed by atoms with E-state index in [1.54, 1.807) is 24.3 Å². The van der Waals surface area contributed by atoms with E-state index in [4.69, 9.17) is 23.2 Å². The largest absolute Gasteiger partial charge is 0.324 e. The lowest BCUT2D eigenvalue weighted by molar-refractivity contribution is -0.114. The maximum Gasteiger partial charge on any atom is 0.264 e. The Morgan fingerprint density at radius 2 is 1.61 bits per heavy atom. The maximum absolute atomic E-state index is 13.4. The molecule has 0 heterocycles. The molecule has 0 saturated carbocycles. The Labute approximate surface area is 192 Å². The van der Waals surface area contributed by atoms with E-state index in [0.29, 0.717) is 10.7 Å². The number of para-hydroxylation sites is 1. The Morgan fingerprint density at radius 1 is 0.968 bits per heavy atom. The molecule has 0 aliphatic rings. The number of nitrogens with zero attached hydrogens (tertiary/aromatic N) is 1. The third-order valence-electron chi connectivity index (χ3n) is 4.65. The molecule has 31 heavy (non-hydrogen) atoms. The lowest BCUT2D eigenvalue weighted by atomic mass is 10.0. The van der Waals surface area contributed by atoms with Crippen molar-refractivity contribution >= 4 is 50.5 Å². The molecule has 8 heteroatoms. The number of halogens is 2. The fourth-order valence-corrected chi connectivity index (χ4v) is 5.16. The molecule has 0 aromatic heterocycles. The predicted molar refractivity (Wildman–Crippen MR) is 127 cm³/mol. The summed E-state index contributed by atoms with van der Waals surface area (Å²) in [5, 5.41) is 3.32. The molecule has 162 valence electrons. The summed E-state index contributed by atoms with van der Waals surface area (Å²) in [5.41, 5.74) is 1.77. The number of benzene rings is 3. The van der Waals surface area contributed by atoms with Crippen molar-refractivity contribution < 1.29 is 13.2 Å². The van der Waals surface area contributed by atoms with Gasteiger partial charge in [-0.15, -0.1) is 0 Å². The number of hydrogen-bond acceptors (Lipinski definition) is 3. The van der Waals surface area contributed by atoms with E-state index >= 15 is 0 Å². The van der Waals surface area contributed by atoms with Crippen LogP contribution in [0.15, 0.2) is 77.7 Å². The zero-order chi connectivity index (χ0) is 22.6. The Balaban J connectivity index is 1.99. The molecule has 0 atom stereocenters. The van der Waals surface area contributed by atoms with Crippen LogP contribution in [-0.2, 0) is 14.8 Å². The highest BCUT2D eigenvalue weighted by Crippen LogP contribution is 2.33. The average Bonchev–Trinajstić information content (AvgIpc) is 2.73. The lowest BCUT2D eigenvalue weighted by Crippen LogP contribution is -2.38. The van der Waals surface area contributed by atoms with Crippen molar-refractivity contribution in [3.63, 3.8) is 0 Å². The lowest BCUT2D eigenvalue weighted by Gasteiger charge is -2.25. The van der Waals surface area contributed by atoms with Crippen molar-refractivity contribution in [3.8, 4) is 0 Å². The average molecular weight is 477 g/mol. The van der Waals surface area contributed by atoms with Gasteiger partial charge in [0, 0.05) is 10.7 Å². The molecular weight excluding hydrogens is 455 g/mol. The Bertz CT molecular complexity index is 1180. The first kappa shape index (κ1) is 23.1. The van der Waals surface area contributed by atoms with Crippen LogP contribution in [0.2, 0.25) is 10.0 Å². The highest BCUT2D eigenvalue weighted by atomic mass is 35.5. The van der Waals surface area contributed by atoms with Crippen molar-refractivity contribution in [1.29, 1.82) is 0 Å². The fraction of sp³-hybridized carbons (Fsp3) is 0.174. The first-order valence-electron chi connectivity index (χ1n) is 9.61. The molecule has 0 aliphatic heterocycles. The highest BCUT2D eigenvalue weighted by molar-refractivity contribution is 7.92. The van der Waals surface area contributed by atoms with E-state index < -0.39 is 22.5 Å². The summed E-state index contributed by atoms with van der Waals surface area (Å²) >= 11 is 12.3. The van der Waals surface area contributed by atoms with Crippen molar-refractivity contribution in [1.82, 2.24) is 0 Å².